The van der Waals surface area contributed by atoms with Crippen molar-refractivity contribution in [1.82, 2.24) is 4.72 Å². The Bertz CT molecular complexity index is 542. The van der Waals surface area contributed by atoms with Crippen LogP contribution in [0.3, 0.4) is 0 Å². The van der Waals surface area contributed by atoms with Crippen LogP contribution in [-0.2, 0) is 14.8 Å². The summed E-state index contributed by atoms with van der Waals surface area (Å²) in [5.74, 6) is 0. The van der Waals surface area contributed by atoms with Crippen molar-refractivity contribution < 1.29 is 13.2 Å². The quantitative estimate of drug-likeness (QED) is 0.568. The van der Waals surface area contributed by atoms with Gasteiger partial charge in [-0.3, -0.25) is 0 Å². The predicted octanol–water partition coefficient (Wildman–Crippen LogP) is 1.98. The Morgan fingerprint density at radius 2 is 1.95 bits per heavy atom. The predicted molar refractivity (Wildman–Crippen MR) is 81.2 cm³/mol. The van der Waals surface area contributed by atoms with Gasteiger partial charge in [-0.25, -0.2) is 13.1 Å². The summed E-state index contributed by atoms with van der Waals surface area (Å²) in [6, 6.07) is 3.44. The van der Waals surface area contributed by atoms with E-state index in [0.717, 1.165) is 12.8 Å². The minimum absolute atomic E-state index is 0.264. The molecule has 0 spiro atoms. The highest BCUT2D eigenvalue weighted by Gasteiger charge is 2.20. The molecule has 0 bridgehead atoms. The van der Waals surface area contributed by atoms with Gasteiger partial charge in [0.1, 0.15) is 0 Å². The molecule has 0 heterocycles. The maximum atomic E-state index is 12.3. The van der Waals surface area contributed by atoms with Gasteiger partial charge in [-0.15, -0.1) is 0 Å². The van der Waals surface area contributed by atoms with Crippen molar-refractivity contribution in [2.24, 2.45) is 0 Å². The number of aryl methyl sites for hydroxylation is 1. The van der Waals surface area contributed by atoms with E-state index in [1.807, 2.05) is 0 Å². The lowest BCUT2D eigenvalue weighted by Crippen LogP contribution is -2.29. The zero-order valence-electron chi connectivity index (χ0n) is 12.4. The minimum atomic E-state index is -3.55. The third-order valence-electron chi connectivity index (χ3n) is 3.09. The standard InChI is InChI=1S/C14H24N2O3S/c1-4-5-9-19-10-8-16-20(17,18)14-11(2)6-7-13(15)12(14)3/h6-7,16H,4-5,8-10,15H2,1-3H3. The van der Waals surface area contributed by atoms with E-state index in [4.69, 9.17) is 10.5 Å². The first-order valence-electron chi connectivity index (χ1n) is 6.83. The molecule has 3 N–H and O–H groups in total. The van der Waals surface area contributed by atoms with Gasteiger partial charge in [0.25, 0.3) is 0 Å². The van der Waals surface area contributed by atoms with Gasteiger partial charge in [-0.1, -0.05) is 19.4 Å². The van der Waals surface area contributed by atoms with E-state index in [1.165, 1.54) is 0 Å². The summed E-state index contributed by atoms with van der Waals surface area (Å²) in [7, 11) is -3.55. The highest BCUT2D eigenvalue weighted by atomic mass is 32.2. The van der Waals surface area contributed by atoms with Crippen LogP contribution in [0.5, 0.6) is 0 Å². The van der Waals surface area contributed by atoms with Crippen LogP contribution < -0.4 is 10.5 Å². The molecule has 0 aliphatic rings. The molecule has 0 fully saturated rings. The minimum Gasteiger partial charge on any atom is -0.398 e. The Labute approximate surface area is 121 Å². The molecule has 0 amide bonds. The van der Waals surface area contributed by atoms with Gasteiger partial charge in [0, 0.05) is 18.8 Å². The van der Waals surface area contributed by atoms with E-state index in [0.29, 0.717) is 30.0 Å². The van der Waals surface area contributed by atoms with E-state index in [-0.39, 0.29) is 11.4 Å². The van der Waals surface area contributed by atoms with E-state index < -0.39 is 10.0 Å². The number of unbranched alkanes of at least 4 members (excludes halogenated alkanes) is 1. The highest BCUT2D eigenvalue weighted by Crippen LogP contribution is 2.24. The van der Waals surface area contributed by atoms with Crippen LogP contribution in [0.2, 0.25) is 0 Å². The lowest BCUT2D eigenvalue weighted by Gasteiger charge is -2.13. The number of hydrogen-bond acceptors (Lipinski definition) is 4. The van der Waals surface area contributed by atoms with E-state index in [1.54, 1.807) is 26.0 Å². The van der Waals surface area contributed by atoms with Crippen molar-refractivity contribution in [2.75, 3.05) is 25.5 Å². The Kier molecular flexibility index (Phi) is 6.45. The fourth-order valence-electron chi connectivity index (χ4n) is 1.92. The summed E-state index contributed by atoms with van der Waals surface area (Å²) in [6.07, 6.45) is 2.05. The smallest absolute Gasteiger partial charge is 0.241 e. The van der Waals surface area contributed by atoms with Gasteiger partial charge in [-0.2, -0.15) is 0 Å². The van der Waals surface area contributed by atoms with Crippen LogP contribution >= 0.6 is 0 Å². The maximum absolute atomic E-state index is 12.3. The second kappa shape index (κ2) is 7.61. The molecule has 0 atom stereocenters. The lowest BCUT2D eigenvalue weighted by atomic mass is 10.1. The molecule has 0 saturated carbocycles. The Hall–Kier alpha value is -1.11. The van der Waals surface area contributed by atoms with Gasteiger partial charge in [0.05, 0.1) is 11.5 Å². The Morgan fingerprint density at radius 3 is 2.60 bits per heavy atom. The van der Waals surface area contributed by atoms with Gasteiger partial charge in [0.2, 0.25) is 10.0 Å². The second-order valence-corrected chi connectivity index (χ2v) is 6.49. The number of nitrogens with one attached hydrogen (secondary N) is 1. The molecule has 114 valence electrons. The van der Waals surface area contributed by atoms with Crippen LogP contribution in [0.15, 0.2) is 17.0 Å². The molecule has 0 aromatic heterocycles. The summed E-state index contributed by atoms with van der Waals surface area (Å²) < 4.78 is 32.5. The van der Waals surface area contributed by atoms with E-state index in [2.05, 4.69) is 11.6 Å². The molecular formula is C14H24N2O3S. The van der Waals surface area contributed by atoms with Crippen molar-refractivity contribution in [3.05, 3.63) is 23.3 Å². The first kappa shape index (κ1) is 16.9. The lowest BCUT2D eigenvalue weighted by molar-refractivity contribution is 0.136. The molecular weight excluding hydrogens is 276 g/mol. The third kappa shape index (κ3) is 4.47. The molecule has 1 aromatic carbocycles. The van der Waals surface area contributed by atoms with Gasteiger partial charge in [-0.05, 0) is 37.5 Å². The average molecular weight is 300 g/mol. The van der Waals surface area contributed by atoms with E-state index in [9.17, 15) is 8.42 Å². The number of nitrogen functional groups attached to an aromatic ring is 1. The van der Waals surface area contributed by atoms with Crippen LogP contribution in [0.4, 0.5) is 5.69 Å². The Balaban J connectivity index is 2.68. The summed E-state index contributed by atoms with van der Waals surface area (Å²) >= 11 is 0. The summed E-state index contributed by atoms with van der Waals surface area (Å²) in [6.45, 7) is 6.86. The number of benzene rings is 1. The third-order valence-corrected chi connectivity index (χ3v) is 4.84. The fraction of sp³-hybridized carbons (Fsp3) is 0.571. The molecule has 0 aliphatic heterocycles. The van der Waals surface area contributed by atoms with Crippen molar-refractivity contribution in [2.45, 2.75) is 38.5 Å². The molecule has 6 heteroatoms. The zero-order chi connectivity index (χ0) is 15.2. The summed E-state index contributed by atoms with van der Waals surface area (Å²) in [5.41, 5.74) is 7.54. The monoisotopic (exact) mass is 300 g/mol. The second-order valence-electron chi connectivity index (χ2n) is 4.79. The molecule has 1 rings (SSSR count). The molecule has 0 saturated heterocycles. The topological polar surface area (TPSA) is 81.4 Å². The summed E-state index contributed by atoms with van der Waals surface area (Å²) in [4.78, 5) is 0.269. The molecule has 0 unspecified atom stereocenters. The Morgan fingerprint density at radius 1 is 1.25 bits per heavy atom. The molecule has 0 radical (unpaired) electrons. The van der Waals surface area contributed by atoms with Gasteiger partial charge in [0.15, 0.2) is 0 Å². The number of sulfonamides is 1. The number of hydrogen-bond donors (Lipinski definition) is 2. The molecule has 20 heavy (non-hydrogen) atoms. The van der Waals surface area contributed by atoms with Gasteiger partial charge >= 0.3 is 0 Å². The summed E-state index contributed by atoms with van der Waals surface area (Å²) in [5, 5.41) is 0. The first-order valence-corrected chi connectivity index (χ1v) is 8.31. The number of nitrogens with two attached hydrogens (primary N) is 1. The van der Waals surface area contributed by atoms with Crippen LogP contribution in [0.1, 0.15) is 30.9 Å². The number of rotatable bonds is 8. The number of ether oxygens (including phenoxy) is 1. The van der Waals surface area contributed by atoms with Crippen LogP contribution in [0, 0.1) is 13.8 Å². The average Bonchev–Trinajstić information content (AvgIpc) is 2.38. The van der Waals surface area contributed by atoms with E-state index >= 15 is 0 Å². The maximum Gasteiger partial charge on any atom is 0.241 e. The van der Waals surface area contributed by atoms with Crippen molar-refractivity contribution in [3.63, 3.8) is 0 Å². The van der Waals surface area contributed by atoms with Crippen molar-refractivity contribution >= 4 is 15.7 Å². The first-order chi connectivity index (χ1) is 9.40. The van der Waals surface area contributed by atoms with Crippen molar-refractivity contribution in [3.8, 4) is 0 Å². The normalized spacial score (nSPS) is 11.8. The largest absolute Gasteiger partial charge is 0.398 e. The molecule has 0 aliphatic carbocycles. The highest BCUT2D eigenvalue weighted by molar-refractivity contribution is 7.89. The SMILES string of the molecule is CCCCOCCNS(=O)(=O)c1c(C)ccc(N)c1C. The fourth-order valence-corrected chi connectivity index (χ4v) is 3.43. The van der Waals surface area contributed by atoms with Gasteiger partial charge < -0.3 is 10.5 Å². The molecule has 5 nitrogen and oxygen atoms in total. The number of anilines is 1. The zero-order valence-corrected chi connectivity index (χ0v) is 13.2. The van der Waals surface area contributed by atoms with Crippen LogP contribution in [0.25, 0.3) is 0 Å². The van der Waals surface area contributed by atoms with Crippen LogP contribution in [-0.4, -0.2) is 28.2 Å². The van der Waals surface area contributed by atoms with Crippen molar-refractivity contribution in [1.29, 1.82) is 0 Å². The molecule has 1 aromatic rings.